The van der Waals surface area contributed by atoms with Crippen molar-refractivity contribution in [3.8, 4) is 5.75 Å². The van der Waals surface area contributed by atoms with Crippen molar-refractivity contribution in [2.45, 2.75) is 71.0 Å². The maximum absolute atomic E-state index is 11.4. The van der Waals surface area contributed by atoms with Crippen LogP contribution in [-0.4, -0.2) is 29.3 Å². The van der Waals surface area contributed by atoms with Gasteiger partial charge in [-0.15, -0.1) is 0 Å². The van der Waals surface area contributed by atoms with E-state index in [2.05, 4.69) is 13.0 Å². The molecule has 2 fully saturated rings. The molecule has 0 amide bonds. The normalized spacial score (nSPS) is 37.0. The van der Waals surface area contributed by atoms with Gasteiger partial charge in [0, 0.05) is 19.3 Å². The van der Waals surface area contributed by atoms with Crippen molar-refractivity contribution in [3.63, 3.8) is 0 Å². The van der Waals surface area contributed by atoms with Crippen molar-refractivity contribution in [2.75, 3.05) is 0 Å². The van der Waals surface area contributed by atoms with E-state index < -0.39 is 6.10 Å². The van der Waals surface area contributed by atoms with Crippen molar-refractivity contribution in [3.05, 3.63) is 29.3 Å². The van der Waals surface area contributed by atoms with E-state index in [1.54, 1.807) is 0 Å². The van der Waals surface area contributed by atoms with Crippen LogP contribution in [0.2, 0.25) is 0 Å². The number of aliphatic hydroxyl groups is 1. The van der Waals surface area contributed by atoms with Gasteiger partial charge in [-0.2, -0.15) is 0 Å². The SMILES string of the molecule is CC(=O)Oc1ccc2c(c1)CC[C@@H]1[C@@H]2CC[C@]2(C)[C@@H](O)[C@H](OC(C)=O)C[C@@H]12. The lowest BCUT2D eigenvalue weighted by Gasteiger charge is -2.49. The van der Waals surface area contributed by atoms with Gasteiger partial charge >= 0.3 is 11.9 Å². The molecule has 5 heteroatoms. The maximum atomic E-state index is 11.4. The van der Waals surface area contributed by atoms with Crippen LogP contribution in [0.3, 0.4) is 0 Å². The third-order valence-corrected chi connectivity index (χ3v) is 7.23. The Morgan fingerprint density at radius 1 is 1.19 bits per heavy atom. The summed E-state index contributed by atoms with van der Waals surface area (Å²) in [4.78, 5) is 22.7. The van der Waals surface area contributed by atoms with Gasteiger partial charge in [0.2, 0.25) is 0 Å². The van der Waals surface area contributed by atoms with E-state index in [0.717, 1.165) is 32.1 Å². The lowest BCUT2D eigenvalue weighted by Crippen LogP contribution is -2.45. The Hall–Kier alpha value is -1.88. The fraction of sp³-hybridized carbons (Fsp3) is 0.636. The minimum atomic E-state index is -0.583. The van der Waals surface area contributed by atoms with Crippen LogP contribution < -0.4 is 4.74 Å². The van der Waals surface area contributed by atoms with Crippen LogP contribution in [0.25, 0.3) is 0 Å². The van der Waals surface area contributed by atoms with E-state index in [1.165, 1.54) is 25.0 Å². The first-order chi connectivity index (χ1) is 12.8. The van der Waals surface area contributed by atoms with Gasteiger partial charge in [0.25, 0.3) is 0 Å². The van der Waals surface area contributed by atoms with Gasteiger partial charge in [0.05, 0.1) is 6.10 Å². The minimum Gasteiger partial charge on any atom is -0.460 e. The summed E-state index contributed by atoms with van der Waals surface area (Å²) in [5, 5.41) is 10.9. The third kappa shape index (κ3) is 3.06. The van der Waals surface area contributed by atoms with Crippen molar-refractivity contribution in [2.24, 2.45) is 17.3 Å². The van der Waals surface area contributed by atoms with Gasteiger partial charge < -0.3 is 14.6 Å². The predicted molar refractivity (Wildman–Crippen MR) is 99.3 cm³/mol. The number of aliphatic hydroxyl groups excluding tert-OH is 1. The molecule has 146 valence electrons. The zero-order chi connectivity index (χ0) is 19.3. The molecule has 0 aliphatic heterocycles. The van der Waals surface area contributed by atoms with Gasteiger partial charge in [-0.1, -0.05) is 13.0 Å². The quantitative estimate of drug-likeness (QED) is 0.636. The molecule has 2 saturated carbocycles. The van der Waals surface area contributed by atoms with E-state index in [-0.39, 0.29) is 23.5 Å². The molecule has 4 rings (SSSR count). The van der Waals surface area contributed by atoms with E-state index in [9.17, 15) is 14.7 Å². The zero-order valence-corrected chi connectivity index (χ0v) is 16.2. The molecular formula is C22H28O5. The monoisotopic (exact) mass is 372 g/mol. The fourth-order valence-electron chi connectivity index (χ4n) is 6.08. The molecular weight excluding hydrogens is 344 g/mol. The number of esters is 2. The van der Waals surface area contributed by atoms with Crippen LogP contribution in [-0.2, 0) is 20.7 Å². The van der Waals surface area contributed by atoms with Crippen molar-refractivity contribution < 1.29 is 24.2 Å². The molecule has 0 radical (unpaired) electrons. The molecule has 27 heavy (non-hydrogen) atoms. The third-order valence-electron chi connectivity index (χ3n) is 7.23. The molecule has 1 aromatic carbocycles. The highest BCUT2D eigenvalue weighted by Crippen LogP contribution is 2.61. The largest absolute Gasteiger partial charge is 0.460 e. The Labute approximate surface area is 160 Å². The first-order valence-electron chi connectivity index (χ1n) is 9.96. The number of fused-ring (bicyclic) bond motifs is 5. The molecule has 5 nitrogen and oxygen atoms in total. The van der Waals surface area contributed by atoms with Crippen molar-refractivity contribution in [1.82, 2.24) is 0 Å². The number of rotatable bonds is 2. The highest BCUT2D eigenvalue weighted by atomic mass is 16.6. The summed E-state index contributed by atoms with van der Waals surface area (Å²) in [6.45, 7) is 5.00. The second kappa shape index (κ2) is 6.62. The van der Waals surface area contributed by atoms with E-state index in [0.29, 0.717) is 23.5 Å². The Balaban J connectivity index is 1.60. The topological polar surface area (TPSA) is 72.8 Å². The number of hydrogen-bond donors (Lipinski definition) is 1. The molecule has 0 saturated heterocycles. The first-order valence-corrected chi connectivity index (χ1v) is 9.96. The number of carbonyl (C=O) groups is 2. The Bertz CT molecular complexity index is 772. The molecule has 0 aromatic heterocycles. The number of ether oxygens (including phenoxy) is 2. The molecule has 0 unspecified atom stereocenters. The van der Waals surface area contributed by atoms with E-state index in [4.69, 9.17) is 9.47 Å². The van der Waals surface area contributed by atoms with Crippen LogP contribution in [0.4, 0.5) is 0 Å². The first kappa shape index (κ1) is 18.5. The summed E-state index contributed by atoms with van der Waals surface area (Å²) >= 11 is 0. The summed E-state index contributed by atoms with van der Waals surface area (Å²) < 4.78 is 10.7. The summed E-state index contributed by atoms with van der Waals surface area (Å²) in [6, 6.07) is 6.01. The van der Waals surface area contributed by atoms with E-state index >= 15 is 0 Å². The standard InChI is InChI=1S/C22H28O5/c1-12(23)26-15-5-7-16-14(10-15)4-6-18-17(16)8-9-22(3)19(18)11-20(21(22)25)27-13(2)24/h5,7,10,17-21,25H,4,6,8-9,11H2,1-3H3/t17-,18-,19+,20-,21+,22+/m1/s1. The second-order valence-electron chi connectivity index (χ2n) is 8.74. The van der Waals surface area contributed by atoms with Crippen LogP contribution in [0, 0.1) is 17.3 Å². The molecule has 0 spiro atoms. The van der Waals surface area contributed by atoms with Crippen LogP contribution in [0.15, 0.2) is 18.2 Å². The molecule has 0 bridgehead atoms. The minimum absolute atomic E-state index is 0.184. The van der Waals surface area contributed by atoms with Crippen LogP contribution >= 0.6 is 0 Å². The smallest absolute Gasteiger partial charge is 0.308 e. The highest BCUT2D eigenvalue weighted by molar-refractivity contribution is 5.69. The highest BCUT2D eigenvalue weighted by Gasteiger charge is 2.59. The molecule has 0 heterocycles. The van der Waals surface area contributed by atoms with Crippen molar-refractivity contribution >= 4 is 11.9 Å². The van der Waals surface area contributed by atoms with Crippen LogP contribution in [0.5, 0.6) is 5.75 Å². The van der Waals surface area contributed by atoms with E-state index in [1.807, 2.05) is 12.1 Å². The average Bonchev–Trinajstić information content (AvgIpc) is 2.85. The molecule has 6 atom stereocenters. The average molecular weight is 372 g/mol. The zero-order valence-electron chi connectivity index (χ0n) is 16.2. The Morgan fingerprint density at radius 2 is 1.96 bits per heavy atom. The molecule has 3 aliphatic carbocycles. The lowest BCUT2D eigenvalue weighted by molar-refractivity contribution is -0.153. The summed E-state index contributed by atoms with van der Waals surface area (Å²) in [7, 11) is 0. The molecule has 1 N–H and O–H groups in total. The summed E-state index contributed by atoms with van der Waals surface area (Å²) in [6.07, 6.45) is 3.75. The number of benzene rings is 1. The Kier molecular flexibility index (Phi) is 4.53. The predicted octanol–water partition coefficient (Wildman–Crippen LogP) is 3.37. The van der Waals surface area contributed by atoms with Crippen LogP contribution in [0.1, 0.15) is 63.5 Å². The Morgan fingerprint density at radius 3 is 2.67 bits per heavy atom. The summed E-state index contributed by atoms with van der Waals surface area (Å²) in [5.74, 6) is 1.31. The van der Waals surface area contributed by atoms with Gasteiger partial charge in [-0.3, -0.25) is 9.59 Å². The molecule has 1 aromatic rings. The van der Waals surface area contributed by atoms with Crippen molar-refractivity contribution in [1.29, 1.82) is 0 Å². The number of hydrogen-bond acceptors (Lipinski definition) is 5. The number of carbonyl (C=O) groups excluding carboxylic acids is 2. The fourth-order valence-corrected chi connectivity index (χ4v) is 6.08. The van der Waals surface area contributed by atoms with Gasteiger partial charge in [-0.25, -0.2) is 0 Å². The second-order valence-corrected chi connectivity index (χ2v) is 8.74. The number of aryl methyl sites for hydroxylation is 1. The summed E-state index contributed by atoms with van der Waals surface area (Å²) in [5.41, 5.74) is 2.44. The lowest BCUT2D eigenvalue weighted by atomic mass is 9.55. The van der Waals surface area contributed by atoms with Gasteiger partial charge in [0.15, 0.2) is 0 Å². The maximum Gasteiger partial charge on any atom is 0.308 e. The van der Waals surface area contributed by atoms with Gasteiger partial charge in [0.1, 0.15) is 11.9 Å². The van der Waals surface area contributed by atoms with Gasteiger partial charge in [-0.05, 0) is 73.1 Å². The molecule has 3 aliphatic rings.